The van der Waals surface area contributed by atoms with Crippen LogP contribution in [0.15, 0.2) is 42.5 Å². The summed E-state index contributed by atoms with van der Waals surface area (Å²) in [5.41, 5.74) is 1.51. The fourth-order valence-electron chi connectivity index (χ4n) is 3.10. The summed E-state index contributed by atoms with van der Waals surface area (Å²) < 4.78 is 15.8. The largest absolute Gasteiger partial charge is 0.305 e. The quantitative estimate of drug-likeness (QED) is 0.788. The first-order valence-corrected chi connectivity index (χ1v) is 7.86. The average Bonchev–Trinajstić information content (AvgIpc) is 2.96. The highest BCUT2D eigenvalue weighted by Crippen LogP contribution is 2.23. The SMILES string of the molecule is CN1CCn2nc(NC(=O)c3ccc(F)c4ccccc34)cc2C1. The van der Waals surface area contributed by atoms with Crippen LogP contribution in [-0.2, 0) is 13.1 Å². The summed E-state index contributed by atoms with van der Waals surface area (Å²) >= 11 is 0. The zero-order valence-electron chi connectivity index (χ0n) is 13.3. The lowest BCUT2D eigenvalue weighted by Gasteiger charge is -2.22. The molecule has 1 aliphatic rings. The van der Waals surface area contributed by atoms with Crippen LogP contribution in [0.25, 0.3) is 10.8 Å². The standard InChI is InChI=1S/C18H17FN4O/c1-22-8-9-23-12(11-22)10-17(21-23)20-18(24)15-6-7-16(19)14-5-3-2-4-13(14)15/h2-7,10H,8-9,11H2,1H3,(H,20,21,24). The second-order valence-corrected chi connectivity index (χ2v) is 6.08. The molecular formula is C18H17FN4O. The monoisotopic (exact) mass is 324 g/mol. The Bertz CT molecular complexity index is 934. The molecule has 3 aromatic rings. The van der Waals surface area contributed by atoms with Crippen LogP contribution in [0.1, 0.15) is 16.1 Å². The molecule has 5 nitrogen and oxygen atoms in total. The van der Waals surface area contributed by atoms with E-state index in [1.54, 1.807) is 24.3 Å². The van der Waals surface area contributed by atoms with Crippen molar-refractivity contribution in [3.05, 3.63) is 59.5 Å². The number of anilines is 1. The van der Waals surface area contributed by atoms with Gasteiger partial charge in [-0.15, -0.1) is 0 Å². The van der Waals surface area contributed by atoms with Crippen molar-refractivity contribution in [1.29, 1.82) is 0 Å². The van der Waals surface area contributed by atoms with Crippen LogP contribution in [-0.4, -0.2) is 34.2 Å². The summed E-state index contributed by atoms with van der Waals surface area (Å²) in [7, 11) is 2.05. The van der Waals surface area contributed by atoms with Crippen LogP contribution >= 0.6 is 0 Å². The normalized spacial score (nSPS) is 14.6. The number of nitrogens with zero attached hydrogens (tertiary/aromatic N) is 3. The molecule has 0 unspecified atom stereocenters. The fraction of sp³-hybridized carbons (Fsp3) is 0.222. The minimum absolute atomic E-state index is 0.282. The van der Waals surface area contributed by atoms with Gasteiger partial charge in [-0.1, -0.05) is 24.3 Å². The Labute approximate surface area is 138 Å². The van der Waals surface area contributed by atoms with E-state index < -0.39 is 0 Å². The minimum atomic E-state index is -0.331. The van der Waals surface area contributed by atoms with E-state index >= 15 is 0 Å². The van der Waals surface area contributed by atoms with Crippen molar-refractivity contribution in [2.45, 2.75) is 13.1 Å². The number of aromatic nitrogens is 2. The highest BCUT2D eigenvalue weighted by atomic mass is 19.1. The molecule has 122 valence electrons. The third-order valence-corrected chi connectivity index (χ3v) is 4.35. The molecular weight excluding hydrogens is 307 g/mol. The van der Waals surface area contributed by atoms with Crippen molar-refractivity contribution in [3.63, 3.8) is 0 Å². The molecule has 0 atom stereocenters. The molecule has 4 rings (SSSR count). The molecule has 2 aromatic carbocycles. The predicted molar refractivity (Wildman–Crippen MR) is 90.4 cm³/mol. The molecule has 1 aliphatic heterocycles. The predicted octanol–water partition coefficient (Wildman–Crippen LogP) is 2.87. The summed E-state index contributed by atoms with van der Waals surface area (Å²) in [4.78, 5) is 14.8. The topological polar surface area (TPSA) is 50.2 Å². The molecule has 0 saturated carbocycles. The Morgan fingerprint density at radius 2 is 1.96 bits per heavy atom. The van der Waals surface area contributed by atoms with Crippen molar-refractivity contribution in [2.24, 2.45) is 0 Å². The van der Waals surface area contributed by atoms with Gasteiger partial charge in [0.25, 0.3) is 5.91 Å². The van der Waals surface area contributed by atoms with Gasteiger partial charge < -0.3 is 5.32 Å². The summed E-state index contributed by atoms with van der Waals surface area (Å²) in [6.45, 7) is 2.55. The molecule has 0 spiro atoms. The van der Waals surface area contributed by atoms with Crippen molar-refractivity contribution in [3.8, 4) is 0 Å². The van der Waals surface area contributed by atoms with Crippen LogP contribution in [0.2, 0.25) is 0 Å². The summed E-state index contributed by atoms with van der Waals surface area (Å²) in [5.74, 6) is -0.0867. The Kier molecular flexibility index (Phi) is 3.54. The molecule has 0 bridgehead atoms. The van der Waals surface area contributed by atoms with Crippen molar-refractivity contribution in [1.82, 2.24) is 14.7 Å². The first-order chi connectivity index (χ1) is 11.6. The smallest absolute Gasteiger partial charge is 0.257 e. The van der Waals surface area contributed by atoms with Crippen LogP contribution < -0.4 is 5.32 Å². The van der Waals surface area contributed by atoms with Gasteiger partial charge in [0, 0.05) is 30.1 Å². The van der Waals surface area contributed by atoms with Crippen molar-refractivity contribution >= 4 is 22.5 Å². The van der Waals surface area contributed by atoms with Crippen LogP contribution in [0.4, 0.5) is 10.2 Å². The maximum absolute atomic E-state index is 13.9. The van der Waals surface area contributed by atoms with Gasteiger partial charge in [-0.2, -0.15) is 5.10 Å². The Morgan fingerprint density at radius 1 is 1.17 bits per heavy atom. The van der Waals surface area contributed by atoms with Gasteiger partial charge in [0.2, 0.25) is 0 Å². The van der Waals surface area contributed by atoms with Crippen LogP contribution in [0.5, 0.6) is 0 Å². The maximum Gasteiger partial charge on any atom is 0.257 e. The summed E-state index contributed by atoms with van der Waals surface area (Å²) in [6.07, 6.45) is 0. The molecule has 0 fully saturated rings. The Hall–Kier alpha value is -2.73. The van der Waals surface area contributed by atoms with Gasteiger partial charge in [0.15, 0.2) is 5.82 Å². The molecule has 0 aliphatic carbocycles. The molecule has 2 heterocycles. The number of amides is 1. The van der Waals surface area contributed by atoms with E-state index in [1.165, 1.54) is 12.1 Å². The molecule has 1 aromatic heterocycles. The number of likely N-dealkylation sites (N-methyl/N-ethyl adjacent to an activating group) is 1. The Balaban J connectivity index is 1.65. The van der Waals surface area contributed by atoms with Gasteiger partial charge in [-0.3, -0.25) is 14.4 Å². The third kappa shape index (κ3) is 2.55. The molecule has 24 heavy (non-hydrogen) atoms. The number of fused-ring (bicyclic) bond motifs is 2. The zero-order valence-corrected chi connectivity index (χ0v) is 13.3. The fourth-order valence-corrected chi connectivity index (χ4v) is 3.10. The second kappa shape index (κ2) is 5.72. The molecule has 1 amide bonds. The number of carbonyl (C=O) groups excluding carboxylic acids is 1. The molecule has 0 saturated heterocycles. The van der Waals surface area contributed by atoms with Crippen molar-refractivity contribution < 1.29 is 9.18 Å². The van der Waals surface area contributed by atoms with E-state index in [1.807, 2.05) is 10.7 Å². The minimum Gasteiger partial charge on any atom is -0.305 e. The second-order valence-electron chi connectivity index (χ2n) is 6.08. The summed E-state index contributed by atoms with van der Waals surface area (Å²) in [5, 5.41) is 8.30. The number of rotatable bonds is 2. The van der Waals surface area contributed by atoms with E-state index in [4.69, 9.17) is 0 Å². The van der Waals surface area contributed by atoms with E-state index in [0.717, 1.165) is 25.3 Å². The molecule has 6 heteroatoms. The number of benzene rings is 2. The number of hydrogen-bond acceptors (Lipinski definition) is 3. The third-order valence-electron chi connectivity index (χ3n) is 4.35. The van der Waals surface area contributed by atoms with Gasteiger partial charge in [0.05, 0.1) is 12.2 Å². The van der Waals surface area contributed by atoms with E-state index in [0.29, 0.717) is 22.2 Å². The van der Waals surface area contributed by atoms with Crippen LogP contribution in [0, 0.1) is 5.82 Å². The lowest BCUT2D eigenvalue weighted by atomic mass is 10.0. The Morgan fingerprint density at radius 3 is 2.79 bits per heavy atom. The van der Waals surface area contributed by atoms with E-state index in [-0.39, 0.29) is 11.7 Å². The summed E-state index contributed by atoms with van der Waals surface area (Å²) in [6, 6.07) is 11.7. The van der Waals surface area contributed by atoms with Gasteiger partial charge >= 0.3 is 0 Å². The molecule has 0 radical (unpaired) electrons. The number of nitrogens with one attached hydrogen (secondary N) is 1. The first kappa shape index (κ1) is 14.8. The lowest BCUT2D eigenvalue weighted by Crippen LogP contribution is -2.30. The first-order valence-electron chi connectivity index (χ1n) is 7.86. The molecule has 1 N–H and O–H groups in total. The lowest BCUT2D eigenvalue weighted by molar-refractivity contribution is 0.102. The van der Waals surface area contributed by atoms with Crippen molar-refractivity contribution in [2.75, 3.05) is 18.9 Å². The van der Waals surface area contributed by atoms with Gasteiger partial charge in [-0.05, 0) is 24.6 Å². The van der Waals surface area contributed by atoms with Gasteiger partial charge in [0.1, 0.15) is 5.82 Å². The highest BCUT2D eigenvalue weighted by Gasteiger charge is 2.18. The van der Waals surface area contributed by atoms with Gasteiger partial charge in [-0.25, -0.2) is 4.39 Å². The van der Waals surface area contributed by atoms with E-state index in [2.05, 4.69) is 22.4 Å². The number of halogens is 1. The maximum atomic E-state index is 13.9. The zero-order chi connectivity index (χ0) is 16.7. The highest BCUT2D eigenvalue weighted by molar-refractivity contribution is 6.12. The number of hydrogen-bond donors (Lipinski definition) is 1. The van der Waals surface area contributed by atoms with E-state index in [9.17, 15) is 9.18 Å². The average molecular weight is 324 g/mol. The van der Waals surface area contributed by atoms with Crippen LogP contribution in [0.3, 0.4) is 0 Å². The number of carbonyl (C=O) groups is 1.